The lowest BCUT2D eigenvalue weighted by molar-refractivity contribution is -0.696. The molecule has 124 valence electrons. The van der Waals surface area contributed by atoms with Crippen molar-refractivity contribution in [3.63, 3.8) is 0 Å². The number of aromatic nitrogens is 2. The van der Waals surface area contributed by atoms with Crippen molar-refractivity contribution in [1.29, 1.82) is 5.26 Å². The third kappa shape index (κ3) is 2.55. The summed E-state index contributed by atoms with van der Waals surface area (Å²) in [6.45, 7) is 5.39. The van der Waals surface area contributed by atoms with Crippen LogP contribution >= 0.6 is 0 Å². The Morgan fingerprint density at radius 3 is 2.68 bits per heavy atom. The minimum Gasteiger partial charge on any atom is -0.354 e. The van der Waals surface area contributed by atoms with Gasteiger partial charge in [-0.2, -0.15) is 5.26 Å². The molecule has 1 N–H and O–H groups in total. The van der Waals surface area contributed by atoms with Crippen molar-refractivity contribution < 1.29 is 4.57 Å². The van der Waals surface area contributed by atoms with Crippen LogP contribution in [0.25, 0.3) is 32.6 Å². The van der Waals surface area contributed by atoms with E-state index in [1.54, 1.807) is 0 Å². The largest absolute Gasteiger partial charge is 0.354 e. The molecule has 0 aliphatic carbocycles. The van der Waals surface area contributed by atoms with Gasteiger partial charge in [0.25, 0.3) is 0 Å². The molecular formula is C22H22N3+. The van der Waals surface area contributed by atoms with Crippen LogP contribution in [-0.4, -0.2) is 4.98 Å². The molecule has 3 nitrogen and oxygen atoms in total. The highest BCUT2D eigenvalue weighted by atomic mass is 14.9. The fraction of sp³-hybridized carbons (Fsp3) is 0.273. The summed E-state index contributed by atoms with van der Waals surface area (Å²) in [5, 5.41) is 13.9. The van der Waals surface area contributed by atoms with Crippen molar-refractivity contribution in [3.05, 3.63) is 53.9 Å². The maximum atomic E-state index is 8.67. The zero-order chi connectivity index (χ0) is 17.4. The molecule has 4 rings (SSSR count). The Hall–Kier alpha value is -2.86. The summed E-state index contributed by atoms with van der Waals surface area (Å²) in [6, 6.07) is 13.0. The Morgan fingerprint density at radius 2 is 1.84 bits per heavy atom. The number of nitrogens with zero attached hydrogens (tertiary/aromatic N) is 2. The van der Waals surface area contributed by atoms with E-state index in [0.717, 1.165) is 19.4 Å². The summed E-state index contributed by atoms with van der Waals surface area (Å²) < 4.78 is 2.25. The van der Waals surface area contributed by atoms with Crippen LogP contribution in [0.15, 0.2) is 42.7 Å². The fourth-order valence-electron chi connectivity index (χ4n) is 3.88. The van der Waals surface area contributed by atoms with Crippen molar-refractivity contribution in [2.45, 2.75) is 39.7 Å². The van der Waals surface area contributed by atoms with E-state index in [2.05, 4.69) is 72.2 Å². The van der Waals surface area contributed by atoms with Crippen molar-refractivity contribution in [2.24, 2.45) is 0 Å². The molecule has 0 radical (unpaired) electrons. The van der Waals surface area contributed by atoms with Gasteiger partial charge in [-0.15, -0.1) is 0 Å². The van der Waals surface area contributed by atoms with Crippen LogP contribution < -0.4 is 4.57 Å². The molecule has 25 heavy (non-hydrogen) atoms. The summed E-state index contributed by atoms with van der Waals surface area (Å²) >= 11 is 0. The van der Waals surface area contributed by atoms with Crippen molar-refractivity contribution in [2.75, 3.05) is 0 Å². The standard InChI is InChI=1S/C22H21N3/c1-15-17-10-13-25(12-7-3-6-11-23)14-19(17)16(2)22-21(15)18-8-4-5-9-20(18)24-22/h4-5,8-10,13-14H,3,6-7,12H2,1-2H3/p+1. The maximum absolute atomic E-state index is 8.67. The van der Waals surface area contributed by atoms with E-state index in [1.807, 2.05) is 0 Å². The first-order valence-electron chi connectivity index (χ1n) is 8.90. The summed E-state index contributed by atoms with van der Waals surface area (Å²) in [7, 11) is 0. The number of hydrogen-bond donors (Lipinski definition) is 1. The van der Waals surface area contributed by atoms with Crippen LogP contribution in [0, 0.1) is 25.2 Å². The summed E-state index contributed by atoms with van der Waals surface area (Å²) in [5.41, 5.74) is 5.08. The molecule has 2 aromatic carbocycles. The number of nitriles is 1. The molecule has 0 aliphatic heterocycles. The average Bonchev–Trinajstić information content (AvgIpc) is 3.03. The molecule has 3 heteroatoms. The van der Waals surface area contributed by atoms with Gasteiger partial charge in [-0.3, -0.25) is 0 Å². The highest BCUT2D eigenvalue weighted by Gasteiger charge is 2.16. The molecule has 0 bridgehead atoms. The van der Waals surface area contributed by atoms with Crippen LogP contribution in [0.4, 0.5) is 0 Å². The van der Waals surface area contributed by atoms with Gasteiger partial charge < -0.3 is 4.98 Å². The van der Waals surface area contributed by atoms with Crippen LogP contribution in [0.1, 0.15) is 30.4 Å². The Kier molecular flexibility index (Phi) is 3.89. The van der Waals surface area contributed by atoms with Crippen LogP contribution in [0.3, 0.4) is 0 Å². The van der Waals surface area contributed by atoms with Gasteiger partial charge in [-0.1, -0.05) is 18.2 Å². The van der Waals surface area contributed by atoms with Gasteiger partial charge >= 0.3 is 0 Å². The molecule has 0 amide bonds. The lowest BCUT2D eigenvalue weighted by Crippen LogP contribution is -2.32. The Balaban J connectivity index is 1.88. The zero-order valence-corrected chi connectivity index (χ0v) is 14.8. The smallest absolute Gasteiger partial charge is 0.176 e. The molecule has 0 fully saturated rings. The highest BCUT2D eigenvalue weighted by Crippen LogP contribution is 2.35. The highest BCUT2D eigenvalue weighted by molar-refractivity contribution is 6.16. The van der Waals surface area contributed by atoms with Crippen molar-refractivity contribution in [3.8, 4) is 6.07 Å². The van der Waals surface area contributed by atoms with Crippen LogP contribution in [0.5, 0.6) is 0 Å². The molecule has 0 atom stereocenters. The lowest BCUT2D eigenvalue weighted by Gasteiger charge is -2.08. The predicted octanol–water partition coefficient (Wildman–Crippen LogP) is 5.07. The first-order valence-corrected chi connectivity index (χ1v) is 8.90. The number of benzene rings is 2. The first kappa shape index (κ1) is 15.7. The molecule has 0 saturated heterocycles. The molecule has 2 aromatic heterocycles. The molecule has 0 aliphatic rings. The summed E-state index contributed by atoms with van der Waals surface area (Å²) in [6.07, 6.45) is 7.07. The first-order chi connectivity index (χ1) is 12.2. The summed E-state index contributed by atoms with van der Waals surface area (Å²) in [5.74, 6) is 0. The fourth-order valence-corrected chi connectivity index (χ4v) is 3.88. The van der Waals surface area contributed by atoms with Gasteiger partial charge in [0.15, 0.2) is 12.4 Å². The van der Waals surface area contributed by atoms with E-state index in [1.165, 1.54) is 43.7 Å². The van der Waals surface area contributed by atoms with E-state index in [9.17, 15) is 0 Å². The van der Waals surface area contributed by atoms with E-state index in [0.29, 0.717) is 6.42 Å². The molecule has 0 unspecified atom stereocenters. The quantitative estimate of drug-likeness (QED) is 0.412. The van der Waals surface area contributed by atoms with Gasteiger partial charge in [0.05, 0.1) is 17.0 Å². The molecule has 0 saturated carbocycles. The Labute approximate surface area is 147 Å². The second-order valence-corrected chi connectivity index (χ2v) is 6.80. The maximum Gasteiger partial charge on any atom is 0.176 e. The second-order valence-electron chi connectivity index (χ2n) is 6.80. The monoisotopic (exact) mass is 328 g/mol. The van der Waals surface area contributed by atoms with Crippen molar-refractivity contribution in [1.82, 2.24) is 4.98 Å². The number of aryl methyl sites for hydroxylation is 3. The number of rotatable bonds is 4. The number of unbranched alkanes of at least 4 members (excludes halogenated alkanes) is 2. The third-order valence-corrected chi connectivity index (χ3v) is 5.24. The molecule has 4 aromatic rings. The van der Waals surface area contributed by atoms with E-state index in [4.69, 9.17) is 5.26 Å². The van der Waals surface area contributed by atoms with Crippen LogP contribution in [-0.2, 0) is 6.54 Å². The van der Waals surface area contributed by atoms with Gasteiger partial charge in [0.2, 0.25) is 0 Å². The SMILES string of the molecule is Cc1c2c[n+](CCCCC#N)ccc2c(C)c2c1[nH]c1ccccc12. The van der Waals surface area contributed by atoms with Crippen molar-refractivity contribution >= 4 is 32.6 Å². The van der Waals surface area contributed by atoms with E-state index >= 15 is 0 Å². The lowest BCUT2D eigenvalue weighted by atomic mass is 9.97. The van der Waals surface area contributed by atoms with Crippen LogP contribution in [0.2, 0.25) is 0 Å². The summed E-state index contributed by atoms with van der Waals surface area (Å²) in [4.78, 5) is 3.61. The van der Waals surface area contributed by atoms with E-state index in [-0.39, 0.29) is 0 Å². The Morgan fingerprint density at radius 1 is 1.00 bits per heavy atom. The topological polar surface area (TPSA) is 43.5 Å². The van der Waals surface area contributed by atoms with Gasteiger partial charge in [-0.05, 0) is 42.8 Å². The predicted molar refractivity (Wildman–Crippen MR) is 102 cm³/mol. The average molecular weight is 328 g/mol. The van der Waals surface area contributed by atoms with Gasteiger partial charge in [0.1, 0.15) is 6.54 Å². The molecule has 2 heterocycles. The minimum atomic E-state index is 0.641. The molecule has 0 spiro atoms. The number of pyridine rings is 1. The normalized spacial score (nSPS) is 11.4. The van der Waals surface area contributed by atoms with Gasteiger partial charge in [-0.25, -0.2) is 4.57 Å². The minimum absolute atomic E-state index is 0.641. The molecular weight excluding hydrogens is 306 g/mol. The number of H-pyrrole nitrogens is 1. The number of nitrogens with one attached hydrogen (secondary N) is 1. The second kappa shape index (κ2) is 6.22. The van der Waals surface area contributed by atoms with Gasteiger partial charge in [0, 0.05) is 35.2 Å². The van der Waals surface area contributed by atoms with E-state index < -0.39 is 0 Å². The number of hydrogen-bond acceptors (Lipinski definition) is 1. The number of fused-ring (bicyclic) bond motifs is 4. The zero-order valence-electron chi connectivity index (χ0n) is 14.8. The number of para-hydroxylation sites is 1. The third-order valence-electron chi connectivity index (χ3n) is 5.24. The number of aromatic amines is 1. The Bertz CT molecular complexity index is 1130.